The molecular weight excluding hydrogens is 352 g/mol. The highest BCUT2D eigenvalue weighted by Crippen LogP contribution is 2.36. The lowest BCUT2D eigenvalue weighted by atomic mass is 9.95. The molecule has 0 radical (unpaired) electrons. The van der Waals surface area contributed by atoms with E-state index in [4.69, 9.17) is 0 Å². The average molecular weight is 369 g/mol. The monoisotopic (exact) mass is 369 g/mol. The second kappa shape index (κ2) is 6.50. The van der Waals surface area contributed by atoms with Gasteiger partial charge in [-0.3, -0.25) is 9.69 Å². The first kappa shape index (κ1) is 17.2. The molecule has 4 rings (SSSR count). The molecule has 0 unspecified atom stereocenters. The van der Waals surface area contributed by atoms with Crippen LogP contribution in [0.3, 0.4) is 0 Å². The van der Waals surface area contributed by atoms with Gasteiger partial charge in [-0.15, -0.1) is 0 Å². The number of benzene rings is 2. The first-order valence-corrected chi connectivity index (χ1v) is 8.50. The third-order valence-corrected chi connectivity index (χ3v) is 4.90. The number of urea groups is 1. The van der Waals surface area contributed by atoms with Gasteiger partial charge in [0.25, 0.3) is 5.91 Å². The molecule has 0 fully saturated rings. The number of nitrogens with zero attached hydrogens (tertiary/aromatic N) is 2. The van der Waals surface area contributed by atoms with Crippen molar-refractivity contribution in [2.24, 2.45) is 0 Å². The highest BCUT2D eigenvalue weighted by Gasteiger charge is 2.42. The van der Waals surface area contributed by atoms with Gasteiger partial charge < -0.3 is 10.2 Å². The van der Waals surface area contributed by atoms with Crippen LogP contribution in [0.2, 0.25) is 0 Å². The minimum Gasteiger partial charge on any atom is -0.329 e. The highest BCUT2D eigenvalue weighted by atomic mass is 19.1. The van der Waals surface area contributed by atoms with Crippen LogP contribution in [0, 0.1) is 11.6 Å². The molecule has 0 bridgehead atoms. The van der Waals surface area contributed by atoms with Gasteiger partial charge in [-0.25, -0.2) is 13.6 Å². The Kier molecular flexibility index (Phi) is 4.14. The first-order valence-electron chi connectivity index (χ1n) is 8.50. The summed E-state index contributed by atoms with van der Waals surface area (Å²) in [4.78, 5) is 28.4. The summed E-state index contributed by atoms with van der Waals surface area (Å²) in [6, 6.07) is 10.7. The largest absolute Gasteiger partial charge is 0.329 e. The predicted molar refractivity (Wildman–Crippen MR) is 94.3 cm³/mol. The van der Waals surface area contributed by atoms with Crippen molar-refractivity contribution in [2.45, 2.75) is 12.6 Å². The van der Waals surface area contributed by atoms with E-state index in [-0.39, 0.29) is 24.3 Å². The second-order valence-electron chi connectivity index (χ2n) is 6.64. The maximum Gasteiger partial charge on any atom is 0.322 e. The minimum absolute atomic E-state index is 0.226. The predicted octanol–water partition coefficient (Wildman–Crippen LogP) is 2.96. The second-order valence-corrected chi connectivity index (χ2v) is 6.64. The van der Waals surface area contributed by atoms with Crippen molar-refractivity contribution in [1.29, 1.82) is 0 Å². The molecule has 5 nitrogen and oxygen atoms in total. The quantitative estimate of drug-likeness (QED) is 0.904. The molecule has 27 heavy (non-hydrogen) atoms. The molecule has 1 atom stereocenters. The van der Waals surface area contributed by atoms with Crippen LogP contribution >= 0.6 is 0 Å². The fourth-order valence-corrected chi connectivity index (χ4v) is 3.50. The molecule has 0 spiro atoms. The van der Waals surface area contributed by atoms with Crippen LogP contribution in [0.25, 0.3) is 0 Å². The molecule has 2 aromatic carbocycles. The molecule has 2 aliphatic heterocycles. The molecule has 3 amide bonds. The van der Waals surface area contributed by atoms with Crippen LogP contribution < -0.4 is 5.32 Å². The fraction of sp³-hybridized carbons (Fsp3) is 0.200. The number of likely N-dealkylation sites (N-methyl/N-ethyl adjacent to an activating group) is 1. The van der Waals surface area contributed by atoms with Crippen LogP contribution in [0.15, 0.2) is 59.8 Å². The van der Waals surface area contributed by atoms with Gasteiger partial charge in [0.05, 0.1) is 23.9 Å². The zero-order chi connectivity index (χ0) is 19.1. The first-order chi connectivity index (χ1) is 12.9. The molecule has 0 saturated carbocycles. The molecule has 7 heteroatoms. The van der Waals surface area contributed by atoms with Crippen LogP contribution in [0.1, 0.15) is 17.2 Å². The van der Waals surface area contributed by atoms with E-state index in [1.54, 1.807) is 36.2 Å². The third kappa shape index (κ3) is 3.05. The normalized spacial score (nSPS) is 19.4. The van der Waals surface area contributed by atoms with Crippen molar-refractivity contribution in [3.8, 4) is 0 Å². The average Bonchev–Trinajstić information content (AvgIpc) is 2.97. The topological polar surface area (TPSA) is 52.7 Å². The molecule has 1 N–H and O–H groups in total. The summed E-state index contributed by atoms with van der Waals surface area (Å²) < 4.78 is 26.8. The van der Waals surface area contributed by atoms with Gasteiger partial charge in [0.1, 0.15) is 11.6 Å². The lowest BCUT2D eigenvalue weighted by molar-refractivity contribution is -0.126. The maximum absolute atomic E-state index is 13.7. The Morgan fingerprint density at radius 1 is 1.07 bits per heavy atom. The molecule has 2 heterocycles. The Morgan fingerprint density at radius 2 is 1.81 bits per heavy atom. The molecule has 0 aliphatic carbocycles. The SMILES string of the molecule is CN1C(=O)N[C@H](c2cccc(F)c2)C2=C1CN(Cc1ccc(F)cc1)C2=O. The summed E-state index contributed by atoms with van der Waals surface area (Å²) >= 11 is 0. The van der Waals surface area contributed by atoms with E-state index >= 15 is 0 Å². The molecular formula is C20H17F2N3O2. The van der Waals surface area contributed by atoms with Crippen LogP contribution in [-0.2, 0) is 11.3 Å². The Labute approximate surface area is 154 Å². The number of carbonyl (C=O) groups excluding carboxylic acids is 2. The number of carbonyl (C=O) groups is 2. The van der Waals surface area contributed by atoms with E-state index in [1.165, 1.54) is 29.2 Å². The van der Waals surface area contributed by atoms with E-state index in [9.17, 15) is 18.4 Å². The Hall–Kier alpha value is -3.22. The van der Waals surface area contributed by atoms with Crippen molar-refractivity contribution in [3.05, 3.63) is 82.6 Å². The highest BCUT2D eigenvalue weighted by molar-refractivity contribution is 6.01. The van der Waals surface area contributed by atoms with Crippen molar-refractivity contribution in [3.63, 3.8) is 0 Å². The summed E-state index contributed by atoms with van der Waals surface area (Å²) in [6.07, 6.45) is 0. The van der Waals surface area contributed by atoms with Crippen molar-refractivity contribution in [1.82, 2.24) is 15.1 Å². The summed E-state index contributed by atoms with van der Waals surface area (Å²) in [5.74, 6) is -1.00. The van der Waals surface area contributed by atoms with Crippen LogP contribution in [0.5, 0.6) is 0 Å². The smallest absolute Gasteiger partial charge is 0.322 e. The van der Waals surface area contributed by atoms with Crippen LogP contribution in [0.4, 0.5) is 13.6 Å². The van der Waals surface area contributed by atoms with Crippen molar-refractivity contribution < 1.29 is 18.4 Å². The lowest BCUT2D eigenvalue weighted by Gasteiger charge is -2.31. The minimum atomic E-state index is -0.704. The van der Waals surface area contributed by atoms with Crippen molar-refractivity contribution in [2.75, 3.05) is 13.6 Å². The lowest BCUT2D eigenvalue weighted by Crippen LogP contribution is -2.45. The van der Waals surface area contributed by atoms with Gasteiger partial charge in [0, 0.05) is 13.6 Å². The van der Waals surface area contributed by atoms with E-state index in [2.05, 4.69) is 5.32 Å². The summed E-state index contributed by atoms with van der Waals surface area (Å²) in [7, 11) is 1.60. The zero-order valence-electron chi connectivity index (χ0n) is 14.6. The van der Waals surface area contributed by atoms with Gasteiger partial charge in [-0.2, -0.15) is 0 Å². The van der Waals surface area contributed by atoms with Gasteiger partial charge >= 0.3 is 6.03 Å². The van der Waals surface area contributed by atoms with Gasteiger partial charge in [0.15, 0.2) is 0 Å². The molecule has 2 aliphatic rings. The number of rotatable bonds is 3. The molecule has 2 aromatic rings. The maximum atomic E-state index is 13.7. The van der Waals surface area contributed by atoms with E-state index < -0.39 is 11.9 Å². The van der Waals surface area contributed by atoms with Crippen LogP contribution in [-0.4, -0.2) is 35.3 Å². The fourth-order valence-electron chi connectivity index (χ4n) is 3.50. The van der Waals surface area contributed by atoms with E-state index in [0.29, 0.717) is 23.4 Å². The Bertz CT molecular complexity index is 956. The summed E-state index contributed by atoms with van der Waals surface area (Å²) in [5, 5.41) is 2.77. The van der Waals surface area contributed by atoms with Gasteiger partial charge in [-0.05, 0) is 35.4 Å². The summed E-state index contributed by atoms with van der Waals surface area (Å²) in [6.45, 7) is 0.561. The van der Waals surface area contributed by atoms with Crippen molar-refractivity contribution >= 4 is 11.9 Å². The molecule has 138 valence electrons. The third-order valence-electron chi connectivity index (χ3n) is 4.90. The standard InChI is InChI=1S/C20H17F2N3O2/c1-24-16-11-25(10-12-5-7-14(21)8-6-12)19(26)17(16)18(23-20(24)27)13-3-2-4-15(22)9-13/h2-9,18H,10-11H2,1H3,(H,23,27)/t18-/m1/s1. The molecule has 0 saturated heterocycles. The molecule has 0 aromatic heterocycles. The number of nitrogens with one attached hydrogen (secondary N) is 1. The zero-order valence-corrected chi connectivity index (χ0v) is 14.6. The van der Waals surface area contributed by atoms with Gasteiger partial charge in [0.2, 0.25) is 0 Å². The number of halogens is 2. The Morgan fingerprint density at radius 3 is 2.52 bits per heavy atom. The summed E-state index contributed by atoms with van der Waals surface area (Å²) in [5.41, 5.74) is 2.33. The van der Waals surface area contributed by atoms with E-state index in [0.717, 1.165) is 5.56 Å². The Balaban J connectivity index is 1.66. The number of hydrogen-bond acceptors (Lipinski definition) is 2. The number of hydrogen-bond donors (Lipinski definition) is 1. The van der Waals surface area contributed by atoms with E-state index in [1.807, 2.05) is 0 Å². The number of amides is 3. The van der Waals surface area contributed by atoms with Gasteiger partial charge in [-0.1, -0.05) is 24.3 Å².